The van der Waals surface area contributed by atoms with Crippen molar-refractivity contribution in [2.45, 2.75) is 6.42 Å². The molecule has 1 aliphatic rings. The molecule has 5 nitrogen and oxygen atoms in total. The molecule has 0 spiro atoms. The van der Waals surface area contributed by atoms with Gasteiger partial charge in [0.15, 0.2) is 0 Å². The second-order valence-electron chi connectivity index (χ2n) is 4.81. The minimum absolute atomic E-state index is 0.271. The Hall–Kier alpha value is -2.89. The van der Waals surface area contributed by atoms with E-state index in [0.29, 0.717) is 23.7 Å². The van der Waals surface area contributed by atoms with Gasteiger partial charge >= 0.3 is 6.03 Å². The number of urea groups is 1. The average molecular weight is 300 g/mol. The highest BCUT2D eigenvalue weighted by atomic mass is 19.1. The van der Waals surface area contributed by atoms with Crippen LogP contribution in [-0.4, -0.2) is 18.5 Å². The lowest BCUT2D eigenvalue weighted by Gasteiger charge is -2.26. The van der Waals surface area contributed by atoms with Gasteiger partial charge in [-0.05, 0) is 36.4 Å². The zero-order valence-electron chi connectivity index (χ0n) is 11.6. The summed E-state index contributed by atoms with van der Waals surface area (Å²) in [6.45, 7) is 0.342. The Morgan fingerprint density at radius 1 is 1.05 bits per heavy atom. The van der Waals surface area contributed by atoms with Crippen LogP contribution in [-0.2, 0) is 4.79 Å². The molecular weight excluding hydrogens is 287 g/mol. The van der Waals surface area contributed by atoms with Gasteiger partial charge in [-0.15, -0.1) is 0 Å². The number of rotatable bonds is 3. The van der Waals surface area contributed by atoms with Crippen molar-refractivity contribution >= 4 is 17.6 Å². The van der Waals surface area contributed by atoms with Crippen LogP contribution in [0, 0.1) is 5.82 Å². The minimum atomic E-state index is -0.435. The highest BCUT2D eigenvalue weighted by molar-refractivity contribution is 6.05. The number of anilines is 1. The molecule has 0 atom stereocenters. The molecule has 3 amide bonds. The third kappa shape index (κ3) is 3.06. The molecule has 2 aromatic carbocycles. The molecule has 0 aliphatic carbocycles. The number of imide groups is 1. The molecule has 22 heavy (non-hydrogen) atoms. The monoisotopic (exact) mass is 300 g/mol. The number of nitrogens with one attached hydrogen (secondary N) is 1. The molecule has 0 aromatic heterocycles. The van der Waals surface area contributed by atoms with Crippen LogP contribution >= 0.6 is 0 Å². The maximum Gasteiger partial charge on any atom is 0.328 e. The van der Waals surface area contributed by atoms with Gasteiger partial charge in [-0.1, -0.05) is 6.07 Å². The number of hydrogen-bond donors (Lipinski definition) is 1. The Kier molecular flexibility index (Phi) is 3.74. The molecule has 2 aromatic rings. The van der Waals surface area contributed by atoms with Gasteiger partial charge in [-0.3, -0.25) is 15.0 Å². The molecular formula is C16H13FN2O3. The number of nitrogens with zero attached hydrogens (tertiary/aromatic N) is 1. The third-order valence-corrected chi connectivity index (χ3v) is 3.23. The second kappa shape index (κ2) is 5.85. The fourth-order valence-electron chi connectivity index (χ4n) is 2.17. The summed E-state index contributed by atoms with van der Waals surface area (Å²) in [5.41, 5.74) is 0.664. The van der Waals surface area contributed by atoms with Crippen LogP contribution in [0.4, 0.5) is 14.9 Å². The second-order valence-corrected chi connectivity index (χ2v) is 4.81. The summed E-state index contributed by atoms with van der Waals surface area (Å²) in [6, 6.07) is 12.2. The summed E-state index contributed by atoms with van der Waals surface area (Å²) in [4.78, 5) is 24.3. The van der Waals surface area contributed by atoms with E-state index in [1.165, 1.54) is 17.0 Å². The number of halogens is 1. The minimum Gasteiger partial charge on any atom is -0.457 e. The summed E-state index contributed by atoms with van der Waals surface area (Å²) in [7, 11) is 0. The Morgan fingerprint density at radius 3 is 2.50 bits per heavy atom. The van der Waals surface area contributed by atoms with E-state index in [9.17, 15) is 14.0 Å². The number of carbonyl (C=O) groups excluding carboxylic acids is 2. The van der Waals surface area contributed by atoms with Gasteiger partial charge in [-0.2, -0.15) is 0 Å². The van der Waals surface area contributed by atoms with Crippen molar-refractivity contribution in [3.63, 3.8) is 0 Å². The van der Waals surface area contributed by atoms with E-state index in [0.717, 1.165) is 0 Å². The van der Waals surface area contributed by atoms with Crippen molar-refractivity contribution in [1.82, 2.24) is 5.32 Å². The largest absolute Gasteiger partial charge is 0.457 e. The Labute approximate surface area is 126 Å². The predicted molar refractivity (Wildman–Crippen MR) is 78.4 cm³/mol. The Bertz CT molecular complexity index is 716. The van der Waals surface area contributed by atoms with E-state index in [2.05, 4.69) is 5.32 Å². The lowest BCUT2D eigenvalue weighted by atomic mass is 10.2. The number of carbonyl (C=O) groups is 2. The molecule has 6 heteroatoms. The van der Waals surface area contributed by atoms with Crippen molar-refractivity contribution < 1.29 is 18.7 Å². The van der Waals surface area contributed by atoms with Crippen LogP contribution in [0.5, 0.6) is 11.5 Å². The van der Waals surface area contributed by atoms with Gasteiger partial charge in [0.2, 0.25) is 5.91 Å². The first-order valence-electron chi connectivity index (χ1n) is 6.77. The van der Waals surface area contributed by atoms with Crippen LogP contribution in [0.2, 0.25) is 0 Å². The highest BCUT2D eigenvalue weighted by Crippen LogP contribution is 2.25. The van der Waals surface area contributed by atoms with Gasteiger partial charge < -0.3 is 4.74 Å². The fourth-order valence-corrected chi connectivity index (χ4v) is 2.17. The van der Waals surface area contributed by atoms with Gasteiger partial charge in [0, 0.05) is 24.7 Å². The molecule has 0 bridgehead atoms. The molecule has 0 saturated carbocycles. The normalized spacial score (nSPS) is 14.7. The summed E-state index contributed by atoms with van der Waals surface area (Å²) < 4.78 is 18.6. The van der Waals surface area contributed by atoms with E-state index < -0.39 is 6.03 Å². The Morgan fingerprint density at radius 2 is 1.82 bits per heavy atom. The fraction of sp³-hybridized carbons (Fsp3) is 0.125. The van der Waals surface area contributed by atoms with Crippen LogP contribution in [0.25, 0.3) is 0 Å². The molecule has 1 N–H and O–H groups in total. The first-order chi connectivity index (χ1) is 10.6. The lowest BCUT2D eigenvalue weighted by Crippen LogP contribution is -2.49. The van der Waals surface area contributed by atoms with Gasteiger partial charge in [0.1, 0.15) is 17.3 Å². The highest BCUT2D eigenvalue weighted by Gasteiger charge is 2.23. The van der Waals surface area contributed by atoms with Crippen molar-refractivity contribution in [1.29, 1.82) is 0 Å². The van der Waals surface area contributed by atoms with E-state index in [1.807, 2.05) is 0 Å². The third-order valence-electron chi connectivity index (χ3n) is 3.23. The number of hydrogen-bond acceptors (Lipinski definition) is 3. The molecule has 1 fully saturated rings. The van der Waals surface area contributed by atoms with Gasteiger partial charge in [0.25, 0.3) is 0 Å². The van der Waals surface area contributed by atoms with Crippen LogP contribution in [0.1, 0.15) is 6.42 Å². The van der Waals surface area contributed by atoms with Crippen molar-refractivity contribution in [3.05, 3.63) is 54.3 Å². The number of amides is 3. The maximum absolute atomic E-state index is 13.1. The Balaban J connectivity index is 1.73. The van der Waals surface area contributed by atoms with Gasteiger partial charge in [0.05, 0.1) is 0 Å². The SMILES string of the molecule is O=C1CCN(c2ccc(Oc3cccc(F)c3)cc2)C(=O)N1. The first-order valence-corrected chi connectivity index (χ1v) is 6.77. The van der Waals surface area contributed by atoms with Crippen molar-refractivity contribution in [3.8, 4) is 11.5 Å². The summed E-state index contributed by atoms with van der Waals surface area (Å²) in [5.74, 6) is 0.285. The molecule has 1 aliphatic heterocycles. The van der Waals surface area contributed by atoms with Crippen LogP contribution in [0.15, 0.2) is 48.5 Å². The van der Waals surface area contributed by atoms with E-state index >= 15 is 0 Å². The topological polar surface area (TPSA) is 58.6 Å². The van der Waals surface area contributed by atoms with Crippen LogP contribution < -0.4 is 15.0 Å². The summed E-state index contributed by atoms with van der Waals surface area (Å²) in [6.07, 6.45) is 0.271. The number of benzene rings is 2. The zero-order chi connectivity index (χ0) is 15.5. The predicted octanol–water partition coefficient (Wildman–Crippen LogP) is 3.06. The average Bonchev–Trinajstić information content (AvgIpc) is 2.48. The smallest absolute Gasteiger partial charge is 0.328 e. The molecule has 0 unspecified atom stereocenters. The molecule has 1 heterocycles. The van der Waals surface area contributed by atoms with E-state index in [4.69, 9.17) is 4.74 Å². The summed E-state index contributed by atoms with van der Waals surface area (Å²) >= 11 is 0. The quantitative estimate of drug-likeness (QED) is 0.947. The molecule has 3 rings (SSSR count). The number of ether oxygens (including phenoxy) is 1. The zero-order valence-corrected chi connectivity index (χ0v) is 11.6. The van der Waals surface area contributed by atoms with Gasteiger partial charge in [-0.25, -0.2) is 9.18 Å². The lowest BCUT2D eigenvalue weighted by molar-refractivity contribution is -0.120. The molecule has 0 radical (unpaired) electrons. The van der Waals surface area contributed by atoms with Crippen molar-refractivity contribution in [2.24, 2.45) is 0 Å². The standard InChI is InChI=1S/C16H13FN2O3/c17-11-2-1-3-14(10-11)22-13-6-4-12(5-7-13)19-9-8-15(20)18-16(19)21/h1-7,10H,8-9H2,(H,18,20,21). The molecule has 112 valence electrons. The maximum atomic E-state index is 13.1. The molecule has 1 saturated heterocycles. The van der Waals surface area contributed by atoms with Crippen LogP contribution in [0.3, 0.4) is 0 Å². The van der Waals surface area contributed by atoms with E-state index in [-0.39, 0.29) is 18.1 Å². The summed E-state index contributed by atoms with van der Waals surface area (Å²) in [5, 5.41) is 2.26. The first kappa shape index (κ1) is 14.1. The van der Waals surface area contributed by atoms with Crippen molar-refractivity contribution in [2.75, 3.05) is 11.4 Å². The van der Waals surface area contributed by atoms with E-state index in [1.54, 1.807) is 36.4 Å².